The predicted octanol–water partition coefficient (Wildman–Crippen LogP) is 6.93. The molecule has 5 aromatic heterocycles. The monoisotopic (exact) mass is 530 g/mol. The molecule has 1 aliphatic heterocycles. The minimum Gasteiger partial charge on any atom is -0.425 e. The van der Waals surface area contributed by atoms with Gasteiger partial charge in [-0.2, -0.15) is 5.10 Å². The lowest BCUT2D eigenvalue weighted by Gasteiger charge is -2.32. The van der Waals surface area contributed by atoms with Gasteiger partial charge in [-0.15, -0.1) is 21.5 Å². The van der Waals surface area contributed by atoms with E-state index in [2.05, 4.69) is 66.1 Å². The van der Waals surface area contributed by atoms with Crippen molar-refractivity contribution in [2.75, 3.05) is 13.2 Å². The van der Waals surface area contributed by atoms with Crippen molar-refractivity contribution in [3.63, 3.8) is 0 Å². The minimum atomic E-state index is 0.252. The van der Waals surface area contributed by atoms with Crippen LogP contribution in [0.15, 0.2) is 16.9 Å². The van der Waals surface area contributed by atoms with Crippen LogP contribution in [0.4, 0.5) is 0 Å². The first-order valence-corrected chi connectivity index (χ1v) is 14.6. The van der Waals surface area contributed by atoms with Gasteiger partial charge >= 0.3 is 0 Å². The first kappa shape index (κ1) is 24.0. The summed E-state index contributed by atoms with van der Waals surface area (Å²) in [5.74, 6) is 3.10. The number of pyridine rings is 1. The van der Waals surface area contributed by atoms with E-state index in [-0.39, 0.29) is 5.92 Å². The van der Waals surface area contributed by atoms with Crippen molar-refractivity contribution in [3.05, 3.63) is 51.4 Å². The number of aromatic nitrogens is 6. The predicted molar refractivity (Wildman–Crippen MR) is 148 cm³/mol. The summed E-state index contributed by atoms with van der Waals surface area (Å²) in [4.78, 5) is 11.0. The highest BCUT2D eigenvalue weighted by molar-refractivity contribution is 7.19. The Morgan fingerprint density at radius 2 is 1.82 bits per heavy atom. The molecule has 6 heterocycles. The molecule has 2 fully saturated rings. The van der Waals surface area contributed by atoms with Crippen LogP contribution in [-0.2, 0) is 4.74 Å². The van der Waals surface area contributed by atoms with E-state index in [1.54, 1.807) is 6.33 Å². The molecule has 0 bridgehead atoms. The van der Waals surface area contributed by atoms with E-state index in [4.69, 9.17) is 9.15 Å². The summed E-state index contributed by atoms with van der Waals surface area (Å²) >= 11 is 1.92. The fraction of sp³-hybridized carbons (Fsp3) is 0.517. The van der Waals surface area contributed by atoms with E-state index < -0.39 is 0 Å². The summed E-state index contributed by atoms with van der Waals surface area (Å²) in [6.07, 6.45) is 8.02. The molecule has 9 heteroatoms. The zero-order valence-electron chi connectivity index (χ0n) is 22.7. The van der Waals surface area contributed by atoms with Crippen molar-refractivity contribution in [3.8, 4) is 11.3 Å². The van der Waals surface area contributed by atoms with Gasteiger partial charge < -0.3 is 14.1 Å². The Hall–Kier alpha value is -3.04. The molecule has 8 nitrogen and oxygen atoms in total. The molecule has 0 amide bonds. The minimum absolute atomic E-state index is 0.252. The molecule has 1 saturated carbocycles. The van der Waals surface area contributed by atoms with E-state index in [1.165, 1.54) is 48.6 Å². The van der Waals surface area contributed by atoms with Gasteiger partial charge in [0.2, 0.25) is 11.8 Å². The third-order valence-corrected chi connectivity index (χ3v) is 10.1. The third-order valence-electron chi connectivity index (χ3n) is 8.76. The number of thiophene rings is 1. The number of hydrogen-bond acceptors (Lipinski definition) is 7. The average Bonchev–Trinajstić information content (AvgIpc) is 3.67. The lowest BCUT2D eigenvalue weighted by atomic mass is 9.73. The van der Waals surface area contributed by atoms with Gasteiger partial charge in [0.1, 0.15) is 11.2 Å². The Balaban J connectivity index is 1.18. The Bertz CT molecular complexity index is 1640. The summed E-state index contributed by atoms with van der Waals surface area (Å²) in [7, 11) is 0. The molecule has 7 rings (SSSR count). The van der Waals surface area contributed by atoms with Gasteiger partial charge in [-0.25, -0.2) is 9.50 Å². The third kappa shape index (κ3) is 3.66. The van der Waals surface area contributed by atoms with Crippen LogP contribution in [0.3, 0.4) is 0 Å². The molecule has 1 saturated heterocycles. The number of hydrogen-bond donors (Lipinski definition) is 1. The van der Waals surface area contributed by atoms with Gasteiger partial charge in [0.15, 0.2) is 5.65 Å². The Morgan fingerprint density at radius 1 is 1.03 bits per heavy atom. The maximum absolute atomic E-state index is 6.13. The van der Waals surface area contributed by atoms with E-state index in [9.17, 15) is 0 Å². The van der Waals surface area contributed by atoms with Gasteiger partial charge in [0, 0.05) is 34.5 Å². The molecule has 5 aromatic rings. The van der Waals surface area contributed by atoms with Crippen molar-refractivity contribution in [2.45, 2.75) is 84.0 Å². The largest absolute Gasteiger partial charge is 0.425 e. The topological polar surface area (TPSA) is 94.1 Å². The Kier molecular flexibility index (Phi) is 5.70. The second-order valence-corrected chi connectivity index (χ2v) is 12.5. The summed E-state index contributed by atoms with van der Waals surface area (Å²) < 4.78 is 13.6. The summed E-state index contributed by atoms with van der Waals surface area (Å²) in [5.41, 5.74) is 8.57. The fourth-order valence-corrected chi connectivity index (χ4v) is 7.78. The number of rotatable bonds is 5. The van der Waals surface area contributed by atoms with Crippen molar-refractivity contribution in [1.82, 2.24) is 29.8 Å². The fourth-order valence-electron chi connectivity index (χ4n) is 6.43. The highest BCUT2D eigenvalue weighted by Crippen LogP contribution is 2.53. The van der Waals surface area contributed by atoms with E-state index in [0.29, 0.717) is 24.4 Å². The number of aryl methyl sites for hydroxylation is 2. The zero-order valence-corrected chi connectivity index (χ0v) is 23.5. The SMILES string of the molecule is Cc1c(-c2[nH]c3sc(C4CC(c5nnc([C@H]6CCCOC6)o5)C4)c(C)c3c2C(C)C)cn2ncnc2c1C. The lowest BCUT2D eigenvalue weighted by Crippen LogP contribution is -2.20. The first-order valence-electron chi connectivity index (χ1n) is 13.8. The number of fused-ring (bicyclic) bond motifs is 2. The molecule has 1 aliphatic carbocycles. The van der Waals surface area contributed by atoms with Crippen molar-refractivity contribution in [2.24, 2.45) is 0 Å². The quantitative estimate of drug-likeness (QED) is 0.265. The molecule has 0 aromatic carbocycles. The Labute approximate surface area is 225 Å². The van der Waals surface area contributed by atoms with Crippen LogP contribution in [-0.4, -0.2) is 43.0 Å². The van der Waals surface area contributed by atoms with Crippen LogP contribution < -0.4 is 0 Å². The summed E-state index contributed by atoms with van der Waals surface area (Å²) in [5, 5.41) is 14.6. The molecule has 0 radical (unpaired) electrons. The number of H-pyrrole nitrogens is 1. The van der Waals surface area contributed by atoms with Gasteiger partial charge in [-0.05, 0) is 80.5 Å². The van der Waals surface area contributed by atoms with Crippen molar-refractivity contribution in [1.29, 1.82) is 0 Å². The molecule has 0 spiro atoms. The molecule has 38 heavy (non-hydrogen) atoms. The number of nitrogens with one attached hydrogen (secondary N) is 1. The molecule has 198 valence electrons. The van der Waals surface area contributed by atoms with E-state index >= 15 is 0 Å². The van der Waals surface area contributed by atoms with Crippen LogP contribution in [0.5, 0.6) is 0 Å². The molecule has 1 N–H and O–H groups in total. The number of ether oxygens (including phenoxy) is 1. The maximum Gasteiger partial charge on any atom is 0.221 e. The molecule has 1 atom stereocenters. The Morgan fingerprint density at radius 3 is 2.55 bits per heavy atom. The normalized spacial score (nSPS) is 22.1. The molecule has 0 unspecified atom stereocenters. The summed E-state index contributed by atoms with van der Waals surface area (Å²) in [6, 6.07) is 0. The van der Waals surface area contributed by atoms with Crippen LogP contribution >= 0.6 is 11.3 Å². The molecular formula is C29H34N6O2S. The van der Waals surface area contributed by atoms with Gasteiger partial charge in [0.25, 0.3) is 0 Å². The number of nitrogens with zero attached hydrogens (tertiary/aromatic N) is 5. The highest BCUT2D eigenvalue weighted by Gasteiger charge is 2.38. The highest BCUT2D eigenvalue weighted by atomic mass is 32.1. The second kappa shape index (κ2) is 9.02. The second-order valence-electron chi connectivity index (χ2n) is 11.4. The standard InChI is InChI=1S/C29H34N6O2S/c1-14(2)22-23-17(5)25(19-9-20(10-19)28-34-33-27(37-28)18-7-6-8-36-12-18)38-29(23)32-24(22)21-11-35-26(30-13-31-35)16(4)15(21)3/h11,13-14,18-20,32H,6-10,12H2,1-5H3/t18-,19?,20?/m0/s1. The van der Waals surface area contributed by atoms with Crippen molar-refractivity contribution < 1.29 is 9.15 Å². The smallest absolute Gasteiger partial charge is 0.221 e. The van der Waals surface area contributed by atoms with Crippen LogP contribution in [0.1, 0.15) is 102 Å². The van der Waals surface area contributed by atoms with E-state index in [1.807, 2.05) is 15.9 Å². The molecule has 2 aliphatic rings. The van der Waals surface area contributed by atoms with Crippen LogP contribution in [0, 0.1) is 20.8 Å². The lowest BCUT2D eigenvalue weighted by molar-refractivity contribution is 0.0717. The van der Waals surface area contributed by atoms with Crippen LogP contribution in [0.25, 0.3) is 27.1 Å². The summed E-state index contributed by atoms with van der Waals surface area (Å²) in [6.45, 7) is 12.8. The number of aromatic amines is 1. The van der Waals surface area contributed by atoms with Gasteiger partial charge in [0.05, 0.1) is 18.2 Å². The van der Waals surface area contributed by atoms with Crippen LogP contribution in [0.2, 0.25) is 0 Å². The van der Waals surface area contributed by atoms with Gasteiger partial charge in [-0.3, -0.25) is 0 Å². The first-order chi connectivity index (χ1) is 18.4. The zero-order chi connectivity index (χ0) is 26.1. The van der Waals surface area contributed by atoms with Crippen molar-refractivity contribution >= 4 is 27.2 Å². The maximum atomic E-state index is 6.13. The van der Waals surface area contributed by atoms with E-state index in [0.717, 1.165) is 49.7 Å². The van der Waals surface area contributed by atoms with Gasteiger partial charge in [-0.1, -0.05) is 13.8 Å². The average molecular weight is 531 g/mol. The molecular weight excluding hydrogens is 496 g/mol.